The molecule has 1 aromatic carbocycles. The normalized spacial score (nSPS) is 11.6. The fourth-order valence-electron chi connectivity index (χ4n) is 2.00. The number of ether oxygens (including phenoxy) is 1. The molecule has 3 heteroatoms. The van der Waals surface area contributed by atoms with Crippen molar-refractivity contribution in [2.45, 2.75) is 32.6 Å². The van der Waals surface area contributed by atoms with Crippen LogP contribution >= 0.6 is 0 Å². The molecule has 0 amide bonds. The van der Waals surface area contributed by atoms with E-state index in [0.29, 0.717) is 0 Å². The molecule has 3 nitrogen and oxygen atoms in total. The fraction of sp³-hybridized carbons (Fsp3) is 0.625. The van der Waals surface area contributed by atoms with Gasteiger partial charge in [-0.3, -0.25) is 0 Å². The quantitative estimate of drug-likeness (QED) is 0.742. The van der Waals surface area contributed by atoms with Crippen LogP contribution < -0.4 is 15.4 Å². The van der Waals surface area contributed by atoms with Crippen molar-refractivity contribution in [3.63, 3.8) is 0 Å². The van der Waals surface area contributed by atoms with Gasteiger partial charge in [-0.05, 0) is 42.6 Å². The van der Waals surface area contributed by atoms with Crippen LogP contribution in [0.4, 0.5) is 0 Å². The van der Waals surface area contributed by atoms with Gasteiger partial charge in [0.2, 0.25) is 0 Å². The molecule has 2 N–H and O–H groups in total. The summed E-state index contributed by atoms with van der Waals surface area (Å²) >= 11 is 0. The highest BCUT2D eigenvalue weighted by atomic mass is 16.5. The predicted octanol–water partition coefficient (Wildman–Crippen LogP) is 2.34. The van der Waals surface area contributed by atoms with Gasteiger partial charge in [0.15, 0.2) is 0 Å². The Labute approximate surface area is 117 Å². The molecule has 0 fully saturated rings. The first kappa shape index (κ1) is 16.0. The van der Waals surface area contributed by atoms with Gasteiger partial charge in [0, 0.05) is 13.1 Å². The number of rotatable bonds is 7. The smallest absolute Gasteiger partial charge is 0.122 e. The van der Waals surface area contributed by atoms with E-state index in [0.717, 1.165) is 31.8 Å². The maximum atomic E-state index is 5.45. The highest BCUT2D eigenvalue weighted by Crippen LogP contribution is 2.28. The summed E-state index contributed by atoms with van der Waals surface area (Å²) in [5.41, 5.74) is 2.83. The molecular formula is C16H28N2O. The van der Waals surface area contributed by atoms with E-state index in [9.17, 15) is 0 Å². The summed E-state index contributed by atoms with van der Waals surface area (Å²) < 4.78 is 5.45. The number of hydrogen-bond acceptors (Lipinski definition) is 3. The van der Waals surface area contributed by atoms with E-state index in [1.54, 1.807) is 7.11 Å². The molecule has 0 heterocycles. The maximum Gasteiger partial charge on any atom is 0.122 e. The monoisotopic (exact) mass is 264 g/mol. The van der Waals surface area contributed by atoms with Crippen LogP contribution in [0.15, 0.2) is 18.2 Å². The van der Waals surface area contributed by atoms with E-state index >= 15 is 0 Å². The zero-order chi connectivity index (χ0) is 14.3. The van der Waals surface area contributed by atoms with Gasteiger partial charge >= 0.3 is 0 Å². The second-order valence-corrected chi connectivity index (χ2v) is 5.88. The lowest BCUT2D eigenvalue weighted by Crippen LogP contribution is -2.26. The molecule has 0 bridgehead atoms. The lowest BCUT2D eigenvalue weighted by atomic mass is 9.85. The lowest BCUT2D eigenvalue weighted by Gasteiger charge is -2.21. The molecule has 0 aliphatic heterocycles. The molecule has 1 aromatic rings. The van der Waals surface area contributed by atoms with Crippen LogP contribution in [0.3, 0.4) is 0 Å². The third-order valence-corrected chi connectivity index (χ3v) is 3.27. The van der Waals surface area contributed by atoms with Crippen molar-refractivity contribution >= 4 is 0 Å². The molecule has 0 saturated heterocycles. The lowest BCUT2D eigenvalue weighted by molar-refractivity contribution is 0.408. The van der Waals surface area contributed by atoms with Gasteiger partial charge in [-0.15, -0.1) is 0 Å². The zero-order valence-electron chi connectivity index (χ0n) is 13.0. The summed E-state index contributed by atoms with van der Waals surface area (Å²) in [6.07, 6.45) is 0.997. The second kappa shape index (κ2) is 7.51. The van der Waals surface area contributed by atoms with Crippen molar-refractivity contribution in [2.75, 3.05) is 33.8 Å². The standard InChI is InChI=1S/C16H28N2O/c1-16(2,3)14-6-7-15(19-5)13(12-14)8-9-18-11-10-17-4/h6-7,12,17-18H,8-11H2,1-5H3. The number of methoxy groups -OCH3 is 1. The summed E-state index contributed by atoms with van der Waals surface area (Å²) in [7, 11) is 3.71. The van der Waals surface area contributed by atoms with Crippen LogP contribution in [0.5, 0.6) is 5.75 Å². The molecule has 0 atom stereocenters. The summed E-state index contributed by atoms with van der Waals surface area (Å²) in [6.45, 7) is 9.69. The first-order chi connectivity index (χ1) is 8.99. The number of hydrogen-bond donors (Lipinski definition) is 2. The van der Waals surface area contributed by atoms with Gasteiger partial charge in [-0.1, -0.05) is 32.9 Å². The van der Waals surface area contributed by atoms with Crippen molar-refractivity contribution in [1.29, 1.82) is 0 Å². The summed E-state index contributed by atoms with van der Waals surface area (Å²) in [5, 5.41) is 6.56. The maximum absolute atomic E-state index is 5.45. The minimum Gasteiger partial charge on any atom is -0.496 e. The highest BCUT2D eigenvalue weighted by molar-refractivity contribution is 5.39. The Kier molecular flexibility index (Phi) is 6.32. The average Bonchev–Trinajstić information content (AvgIpc) is 2.37. The Hall–Kier alpha value is -1.06. The number of likely N-dealkylation sites (N-methyl/N-ethyl adjacent to an activating group) is 1. The topological polar surface area (TPSA) is 33.3 Å². The van der Waals surface area contributed by atoms with E-state index in [2.05, 4.69) is 49.6 Å². The van der Waals surface area contributed by atoms with Gasteiger partial charge in [-0.2, -0.15) is 0 Å². The summed E-state index contributed by atoms with van der Waals surface area (Å²) in [6, 6.07) is 6.53. The van der Waals surface area contributed by atoms with Crippen LogP contribution in [0.2, 0.25) is 0 Å². The Morgan fingerprint density at radius 2 is 1.84 bits per heavy atom. The molecule has 0 saturated carbocycles. The molecule has 0 aromatic heterocycles. The van der Waals surface area contributed by atoms with Gasteiger partial charge < -0.3 is 15.4 Å². The molecule has 1 rings (SSSR count). The predicted molar refractivity (Wildman–Crippen MR) is 82.2 cm³/mol. The minimum atomic E-state index is 0.181. The molecule has 0 unspecified atom stereocenters. The van der Waals surface area contributed by atoms with Gasteiger partial charge in [-0.25, -0.2) is 0 Å². The summed E-state index contributed by atoms with van der Waals surface area (Å²) in [5.74, 6) is 0.989. The van der Waals surface area contributed by atoms with E-state index in [1.807, 2.05) is 7.05 Å². The average molecular weight is 264 g/mol. The Balaban J connectivity index is 2.68. The van der Waals surface area contributed by atoms with Crippen molar-refractivity contribution < 1.29 is 4.74 Å². The largest absolute Gasteiger partial charge is 0.496 e. The van der Waals surface area contributed by atoms with Crippen LogP contribution in [0.1, 0.15) is 31.9 Å². The van der Waals surface area contributed by atoms with Crippen molar-refractivity contribution in [1.82, 2.24) is 10.6 Å². The molecule has 0 aliphatic carbocycles. The van der Waals surface area contributed by atoms with E-state index in [4.69, 9.17) is 4.74 Å². The third kappa shape index (κ3) is 5.21. The SMILES string of the molecule is CNCCNCCc1cc(C(C)(C)C)ccc1OC. The molecule has 108 valence electrons. The first-order valence-corrected chi connectivity index (χ1v) is 7.01. The van der Waals surface area contributed by atoms with Crippen molar-refractivity contribution in [3.05, 3.63) is 29.3 Å². The number of benzene rings is 1. The first-order valence-electron chi connectivity index (χ1n) is 7.01. The highest BCUT2D eigenvalue weighted by Gasteiger charge is 2.15. The Morgan fingerprint density at radius 1 is 1.11 bits per heavy atom. The van der Waals surface area contributed by atoms with Crippen molar-refractivity contribution in [3.8, 4) is 5.75 Å². The van der Waals surface area contributed by atoms with Crippen LogP contribution in [-0.2, 0) is 11.8 Å². The molecule has 0 radical (unpaired) electrons. The van der Waals surface area contributed by atoms with Crippen molar-refractivity contribution in [2.24, 2.45) is 0 Å². The van der Waals surface area contributed by atoms with Crippen LogP contribution in [0.25, 0.3) is 0 Å². The zero-order valence-corrected chi connectivity index (χ0v) is 13.0. The third-order valence-electron chi connectivity index (χ3n) is 3.27. The van der Waals surface area contributed by atoms with E-state index < -0.39 is 0 Å². The Morgan fingerprint density at radius 3 is 2.42 bits per heavy atom. The molecule has 19 heavy (non-hydrogen) atoms. The van der Waals surface area contributed by atoms with Crippen LogP contribution in [-0.4, -0.2) is 33.8 Å². The van der Waals surface area contributed by atoms with Gasteiger partial charge in [0.05, 0.1) is 7.11 Å². The number of nitrogens with one attached hydrogen (secondary N) is 2. The minimum absolute atomic E-state index is 0.181. The second-order valence-electron chi connectivity index (χ2n) is 5.88. The van der Waals surface area contributed by atoms with E-state index in [-0.39, 0.29) is 5.41 Å². The van der Waals surface area contributed by atoms with Crippen LogP contribution in [0, 0.1) is 0 Å². The summed E-state index contributed by atoms with van der Waals surface area (Å²) in [4.78, 5) is 0. The van der Waals surface area contributed by atoms with E-state index in [1.165, 1.54) is 11.1 Å². The van der Waals surface area contributed by atoms with Gasteiger partial charge in [0.25, 0.3) is 0 Å². The van der Waals surface area contributed by atoms with Gasteiger partial charge in [0.1, 0.15) is 5.75 Å². The Bertz CT molecular complexity index is 383. The molecule has 0 aliphatic rings. The molecule has 0 spiro atoms. The molecular weight excluding hydrogens is 236 g/mol. The fourth-order valence-corrected chi connectivity index (χ4v) is 2.00.